The number of phenolic OH excluding ortho intramolecular Hbond substituents is 1. The molecule has 2 nitrogen and oxygen atoms in total. The molecule has 1 aromatic rings. The number of hydrogen-bond donors (Lipinski definition) is 2. The first kappa shape index (κ1) is 12.9. The van der Waals surface area contributed by atoms with Gasteiger partial charge in [-0.1, -0.05) is 13.8 Å². The van der Waals surface area contributed by atoms with Gasteiger partial charge in [-0.3, -0.25) is 0 Å². The van der Waals surface area contributed by atoms with Crippen LogP contribution in [0.1, 0.15) is 31.7 Å². The van der Waals surface area contributed by atoms with Gasteiger partial charge in [0.25, 0.3) is 0 Å². The Morgan fingerprint density at radius 1 is 1.31 bits per heavy atom. The van der Waals surface area contributed by atoms with Gasteiger partial charge in [-0.05, 0) is 30.9 Å². The lowest BCUT2D eigenvalue weighted by atomic mass is 9.85. The van der Waals surface area contributed by atoms with Crippen molar-refractivity contribution in [3.63, 3.8) is 0 Å². The first-order valence-electron chi connectivity index (χ1n) is 5.35. The molecular formula is C12H17F2NO. The number of halogens is 2. The van der Waals surface area contributed by atoms with E-state index in [9.17, 15) is 13.9 Å². The van der Waals surface area contributed by atoms with Gasteiger partial charge in [-0.15, -0.1) is 0 Å². The monoisotopic (exact) mass is 229 g/mol. The zero-order valence-corrected chi connectivity index (χ0v) is 9.50. The first-order chi connectivity index (χ1) is 7.47. The average Bonchev–Trinajstić information content (AvgIpc) is 2.20. The summed E-state index contributed by atoms with van der Waals surface area (Å²) in [6, 6.07) is 1.86. The summed E-state index contributed by atoms with van der Waals surface area (Å²) in [5.74, 6) is -2.02. The second-order valence-electron chi connectivity index (χ2n) is 4.25. The molecule has 0 saturated carbocycles. The first-order valence-corrected chi connectivity index (χ1v) is 5.35. The fourth-order valence-corrected chi connectivity index (χ4v) is 1.90. The zero-order chi connectivity index (χ0) is 12.3. The van der Waals surface area contributed by atoms with Crippen molar-refractivity contribution >= 4 is 0 Å². The highest BCUT2D eigenvalue weighted by Gasteiger charge is 2.21. The molecule has 0 bridgehead atoms. The van der Waals surface area contributed by atoms with E-state index in [0.717, 1.165) is 0 Å². The Morgan fingerprint density at radius 2 is 1.94 bits per heavy atom. The van der Waals surface area contributed by atoms with Crippen LogP contribution in [0.25, 0.3) is 0 Å². The summed E-state index contributed by atoms with van der Waals surface area (Å²) in [7, 11) is 0. The van der Waals surface area contributed by atoms with Gasteiger partial charge in [-0.2, -0.15) is 0 Å². The van der Waals surface area contributed by atoms with Crippen LogP contribution in [0.15, 0.2) is 12.1 Å². The van der Waals surface area contributed by atoms with Crippen LogP contribution in [0.3, 0.4) is 0 Å². The van der Waals surface area contributed by atoms with E-state index in [1.165, 1.54) is 6.07 Å². The normalized spacial score (nSPS) is 13.1. The van der Waals surface area contributed by atoms with Crippen molar-refractivity contribution < 1.29 is 13.9 Å². The number of nitrogens with two attached hydrogens (primary N) is 1. The Kier molecular flexibility index (Phi) is 4.24. The van der Waals surface area contributed by atoms with Gasteiger partial charge in [0, 0.05) is 11.6 Å². The minimum Gasteiger partial charge on any atom is -0.505 e. The van der Waals surface area contributed by atoms with Gasteiger partial charge in [0.15, 0.2) is 11.6 Å². The van der Waals surface area contributed by atoms with Crippen molar-refractivity contribution in [1.82, 2.24) is 0 Å². The van der Waals surface area contributed by atoms with E-state index in [4.69, 9.17) is 5.73 Å². The number of rotatable bonds is 4. The van der Waals surface area contributed by atoms with Crippen molar-refractivity contribution in [3.05, 3.63) is 29.3 Å². The summed E-state index contributed by atoms with van der Waals surface area (Å²) in [5.41, 5.74) is 5.77. The molecule has 0 saturated heterocycles. The molecule has 3 N–H and O–H groups in total. The second-order valence-corrected chi connectivity index (χ2v) is 4.25. The fourth-order valence-electron chi connectivity index (χ4n) is 1.90. The van der Waals surface area contributed by atoms with Crippen molar-refractivity contribution in [3.8, 4) is 5.75 Å². The van der Waals surface area contributed by atoms with Crippen molar-refractivity contribution in [2.75, 3.05) is 6.54 Å². The Balaban J connectivity index is 3.17. The van der Waals surface area contributed by atoms with Crippen molar-refractivity contribution in [2.45, 2.75) is 26.2 Å². The minimum absolute atomic E-state index is 0.129. The predicted molar refractivity (Wildman–Crippen MR) is 59.3 cm³/mol. The third kappa shape index (κ3) is 2.70. The predicted octanol–water partition coefficient (Wildman–Crippen LogP) is 2.76. The number of phenols is 1. The molecule has 90 valence electrons. The largest absolute Gasteiger partial charge is 0.505 e. The van der Waals surface area contributed by atoms with Gasteiger partial charge >= 0.3 is 0 Å². The topological polar surface area (TPSA) is 46.2 Å². The highest BCUT2D eigenvalue weighted by atomic mass is 19.1. The van der Waals surface area contributed by atoms with E-state index in [-0.39, 0.29) is 11.8 Å². The number of benzene rings is 1. The molecule has 0 aliphatic rings. The van der Waals surface area contributed by atoms with E-state index in [1.54, 1.807) is 0 Å². The highest BCUT2D eigenvalue weighted by molar-refractivity contribution is 5.37. The van der Waals surface area contributed by atoms with Crippen LogP contribution >= 0.6 is 0 Å². The molecule has 0 fully saturated rings. The standard InChI is InChI=1S/C12H17F2NO/c1-7(2)9(3-4-15)10-5-8(13)6-11(14)12(10)16/h5-7,9,16H,3-4,15H2,1-2H3. The second kappa shape index (κ2) is 5.25. The van der Waals surface area contributed by atoms with E-state index >= 15 is 0 Å². The molecule has 4 heteroatoms. The van der Waals surface area contributed by atoms with Crippen molar-refractivity contribution in [1.29, 1.82) is 0 Å². The average molecular weight is 229 g/mol. The lowest BCUT2D eigenvalue weighted by Gasteiger charge is -2.21. The molecular weight excluding hydrogens is 212 g/mol. The van der Waals surface area contributed by atoms with Crippen LogP contribution in [-0.2, 0) is 0 Å². The molecule has 1 rings (SSSR count). The Morgan fingerprint density at radius 3 is 2.44 bits per heavy atom. The summed E-state index contributed by atoms with van der Waals surface area (Å²) < 4.78 is 26.3. The molecule has 16 heavy (non-hydrogen) atoms. The van der Waals surface area contributed by atoms with Crippen LogP contribution < -0.4 is 5.73 Å². The Labute approximate surface area is 94.1 Å². The quantitative estimate of drug-likeness (QED) is 0.833. The molecule has 0 heterocycles. The minimum atomic E-state index is -0.919. The maximum absolute atomic E-state index is 13.2. The number of hydrogen-bond acceptors (Lipinski definition) is 2. The molecule has 0 radical (unpaired) electrons. The molecule has 0 aliphatic carbocycles. The lowest BCUT2D eigenvalue weighted by molar-refractivity contribution is 0.394. The smallest absolute Gasteiger partial charge is 0.168 e. The van der Waals surface area contributed by atoms with Crippen LogP contribution in [0, 0.1) is 17.6 Å². The Hall–Kier alpha value is -1.16. The van der Waals surface area contributed by atoms with Gasteiger partial charge in [-0.25, -0.2) is 8.78 Å². The summed E-state index contributed by atoms with van der Waals surface area (Å²) in [6.07, 6.45) is 0.591. The summed E-state index contributed by atoms with van der Waals surface area (Å²) in [5, 5.41) is 9.59. The summed E-state index contributed by atoms with van der Waals surface area (Å²) in [6.45, 7) is 4.28. The third-order valence-corrected chi connectivity index (χ3v) is 2.74. The van der Waals surface area contributed by atoms with E-state index in [1.807, 2.05) is 13.8 Å². The van der Waals surface area contributed by atoms with Gasteiger partial charge in [0.1, 0.15) is 5.82 Å². The summed E-state index contributed by atoms with van der Waals surface area (Å²) >= 11 is 0. The molecule has 0 aliphatic heterocycles. The van der Waals surface area contributed by atoms with Gasteiger partial charge in [0.05, 0.1) is 0 Å². The van der Waals surface area contributed by atoms with Crippen LogP contribution in [0.4, 0.5) is 8.78 Å². The van der Waals surface area contributed by atoms with Gasteiger partial charge in [0.2, 0.25) is 0 Å². The molecule has 1 atom stereocenters. The SMILES string of the molecule is CC(C)C(CCN)c1cc(F)cc(F)c1O. The Bertz CT molecular complexity index is 366. The number of aromatic hydroxyl groups is 1. The van der Waals surface area contributed by atoms with Gasteiger partial charge < -0.3 is 10.8 Å². The maximum Gasteiger partial charge on any atom is 0.168 e. The van der Waals surface area contributed by atoms with Crippen LogP contribution in [-0.4, -0.2) is 11.7 Å². The van der Waals surface area contributed by atoms with Crippen LogP contribution in [0.5, 0.6) is 5.75 Å². The molecule has 1 unspecified atom stereocenters. The fraction of sp³-hybridized carbons (Fsp3) is 0.500. The summed E-state index contributed by atoms with van der Waals surface area (Å²) in [4.78, 5) is 0. The lowest BCUT2D eigenvalue weighted by Crippen LogP contribution is -2.13. The van der Waals surface area contributed by atoms with Crippen molar-refractivity contribution in [2.24, 2.45) is 11.7 Å². The zero-order valence-electron chi connectivity index (χ0n) is 9.50. The van der Waals surface area contributed by atoms with E-state index < -0.39 is 17.4 Å². The molecule has 0 spiro atoms. The molecule has 1 aromatic carbocycles. The van der Waals surface area contributed by atoms with Crippen LogP contribution in [0.2, 0.25) is 0 Å². The highest BCUT2D eigenvalue weighted by Crippen LogP contribution is 2.35. The van der Waals surface area contributed by atoms with E-state index in [2.05, 4.69) is 0 Å². The third-order valence-electron chi connectivity index (χ3n) is 2.74. The molecule has 0 aromatic heterocycles. The molecule has 0 amide bonds. The maximum atomic E-state index is 13.2. The van der Waals surface area contributed by atoms with E-state index in [0.29, 0.717) is 24.6 Å².